The summed E-state index contributed by atoms with van der Waals surface area (Å²) < 4.78 is 2.20. The maximum absolute atomic E-state index is 9.51. The molecule has 0 bridgehead atoms. The highest BCUT2D eigenvalue weighted by atomic mass is 15.0. The van der Waals surface area contributed by atoms with Crippen LogP contribution in [0.4, 0.5) is 5.69 Å². The highest BCUT2D eigenvalue weighted by molar-refractivity contribution is 6.10. The lowest BCUT2D eigenvalue weighted by molar-refractivity contribution is 0.590. The molecule has 0 fully saturated rings. The van der Waals surface area contributed by atoms with Crippen LogP contribution < -0.4 is 0 Å². The molecule has 0 aliphatic heterocycles. The zero-order chi connectivity index (χ0) is 23.2. The maximum Gasteiger partial charge on any atom is 0.187 e. The smallest absolute Gasteiger partial charge is 0.187 e. The van der Waals surface area contributed by atoms with E-state index >= 15 is 0 Å². The number of hydrogen-bond acceptors (Lipinski definition) is 1. The van der Waals surface area contributed by atoms with Crippen molar-refractivity contribution in [2.24, 2.45) is 0 Å². The van der Waals surface area contributed by atoms with E-state index in [4.69, 9.17) is 6.57 Å². The molecular weight excluding hydrogens is 402 g/mol. The zero-order valence-corrected chi connectivity index (χ0v) is 18.9. The average molecular weight is 426 g/mol. The molecule has 0 aliphatic carbocycles. The van der Waals surface area contributed by atoms with Crippen LogP contribution in [0.5, 0.6) is 0 Å². The first-order chi connectivity index (χ1) is 15.9. The van der Waals surface area contributed by atoms with Crippen molar-refractivity contribution in [1.82, 2.24) is 4.57 Å². The zero-order valence-electron chi connectivity index (χ0n) is 18.9. The summed E-state index contributed by atoms with van der Waals surface area (Å²) in [5.74, 6) is 0. The molecule has 33 heavy (non-hydrogen) atoms. The number of fused-ring (bicyclic) bond motifs is 3. The van der Waals surface area contributed by atoms with Crippen molar-refractivity contribution in [2.75, 3.05) is 0 Å². The molecule has 3 nitrogen and oxygen atoms in total. The topological polar surface area (TPSA) is 33.1 Å². The first-order valence-corrected chi connectivity index (χ1v) is 11.0. The van der Waals surface area contributed by atoms with Crippen LogP contribution in [-0.4, -0.2) is 4.57 Å². The molecule has 0 atom stereocenters. The van der Waals surface area contributed by atoms with Crippen LogP contribution >= 0.6 is 0 Å². The van der Waals surface area contributed by atoms with Crippen LogP contribution in [0.15, 0.2) is 84.9 Å². The molecule has 0 aliphatic rings. The molecular formula is C30H23N3. The van der Waals surface area contributed by atoms with E-state index in [-0.39, 0.29) is 5.41 Å². The van der Waals surface area contributed by atoms with Crippen molar-refractivity contribution in [2.45, 2.75) is 26.2 Å². The van der Waals surface area contributed by atoms with Gasteiger partial charge in [0.15, 0.2) is 5.69 Å². The van der Waals surface area contributed by atoms with E-state index in [1.54, 1.807) is 0 Å². The Kier molecular flexibility index (Phi) is 4.77. The van der Waals surface area contributed by atoms with E-state index in [2.05, 4.69) is 78.7 Å². The molecule has 1 aromatic heterocycles. The van der Waals surface area contributed by atoms with Crippen LogP contribution in [0.3, 0.4) is 0 Å². The van der Waals surface area contributed by atoms with Gasteiger partial charge in [-0.1, -0.05) is 63.2 Å². The number of aromatic nitrogens is 1. The summed E-state index contributed by atoms with van der Waals surface area (Å²) in [7, 11) is 0. The van der Waals surface area contributed by atoms with E-state index in [0.29, 0.717) is 11.3 Å². The van der Waals surface area contributed by atoms with Gasteiger partial charge in [-0.05, 0) is 64.6 Å². The summed E-state index contributed by atoms with van der Waals surface area (Å²) in [6, 6.07) is 31.0. The summed E-state index contributed by atoms with van der Waals surface area (Å²) in [4.78, 5) is 3.51. The van der Waals surface area contributed by atoms with Crippen molar-refractivity contribution in [3.8, 4) is 22.9 Å². The molecule has 5 aromatic rings. The van der Waals surface area contributed by atoms with Gasteiger partial charge in [0, 0.05) is 16.5 Å². The summed E-state index contributed by atoms with van der Waals surface area (Å²) in [6.45, 7) is 13.9. The van der Waals surface area contributed by atoms with Crippen LogP contribution in [-0.2, 0) is 5.41 Å². The molecule has 1 heterocycles. The van der Waals surface area contributed by atoms with Gasteiger partial charge in [0.2, 0.25) is 0 Å². The Morgan fingerprint density at radius 2 is 1.45 bits per heavy atom. The van der Waals surface area contributed by atoms with Gasteiger partial charge >= 0.3 is 0 Å². The van der Waals surface area contributed by atoms with E-state index in [9.17, 15) is 5.26 Å². The Labute approximate surface area is 194 Å². The Morgan fingerprint density at radius 1 is 0.788 bits per heavy atom. The van der Waals surface area contributed by atoms with Crippen LogP contribution in [0.1, 0.15) is 31.9 Å². The molecule has 5 rings (SSSR count). The molecule has 0 amide bonds. The minimum atomic E-state index is 0.0787. The summed E-state index contributed by atoms with van der Waals surface area (Å²) in [5.41, 5.74) is 8.09. The van der Waals surface area contributed by atoms with Gasteiger partial charge in [-0.2, -0.15) is 5.26 Å². The van der Waals surface area contributed by atoms with Gasteiger partial charge in [0.1, 0.15) is 0 Å². The third-order valence-electron chi connectivity index (χ3n) is 6.19. The summed E-state index contributed by atoms with van der Waals surface area (Å²) >= 11 is 0. The van der Waals surface area contributed by atoms with Crippen molar-refractivity contribution in [1.29, 1.82) is 5.26 Å². The predicted molar refractivity (Wildman–Crippen MR) is 136 cm³/mol. The second kappa shape index (κ2) is 7.66. The normalized spacial score (nSPS) is 11.4. The van der Waals surface area contributed by atoms with Gasteiger partial charge in [0.25, 0.3) is 0 Å². The Bertz CT molecular complexity index is 1600. The molecule has 158 valence electrons. The molecule has 3 heteroatoms. The van der Waals surface area contributed by atoms with Crippen LogP contribution in [0.2, 0.25) is 0 Å². The molecule has 0 N–H and O–H groups in total. The average Bonchev–Trinajstić information content (AvgIpc) is 3.16. The van der Waals surface area contributed by atoms with Gasteiger partial charge in [-0.3, -0.25) is 0 Å². The van der Waals surface area contributed by atoms with Crippen LogP contribution in [0.25, 0.3) is 43.5 Å². The van der Waals surface area contributed by atoms with E-state index < -0.39 is 0 Å². The number of benzene rings is 4. The number of nitrogens with zero attached hydrogens (tertiary/aromatic N) is 3. The fourth-order valence-corrected chi connectivity index (χ4v) is 4.39. The highest BCUT2D eigenvalue weighted by Gasteiger charge is 2.16. The van der Waals surface area contributed by atoms with Gasteiger partial charge in [0.05, 0.1) is 29.2 Å². The standard InChI is InChI=1S/C30H23N3/c1-30(2,3)23-7-5-6-21(17-23)22-9-15-29-27(18-22)26-16-20(19-31)8-14-28(26)33(29)25-12-10-24(32-4)11-13-25/h5-18H,1-3H3. The maximum atomic E-state index is 9.51. The van der Waals surface area contributed by atoms with Crippen molar-refractivity contribution in [3.63, 3.8) is 0 Å². The third kappa shape index (κ3) is 3.55. The van der Waals surface area contributed by atoms with E-state index in [1.165, 1.54) is 11.1 Å². The quantitative estimate of drug-likeness (QED) is 0.263. The van der Waals surface area contributed by atoms with Crippen molar-refractivity contribution < 1.29 is 0 Å². The SMILES string of the molecule is [C-]#[N+]c1ccc(-n2c3ccc(C#N)cc3c3cc(-c4cccc(C(C)(C)C)c4)ccc32)cc1. The van der Waals surface area contributed by atoms with Crippen molar-refractivity contribution >= 4 is 27.5 Å². The summed E-state index contributed by atoms with van der Waals surface area (Å²) in [6.07, 6.45) is 0. The minimum Gasteiger partial charge on any atom is -0.309 e. The lowest BCUT2D eigenvalue weighted by atomic mass is 9.85. The second-order valence-corrected chi connectivity index (χ2v) is 9.37. The third-order valence-corrected chi connectivity index (χ3v) is 6.19. The molecule has 4 aromatic carbocycles. The second-order valence-electron chi connectivity index (χ2n) is 9.37. The van der Waals surface area contributed by atoms with Gasteiger partial charge in [-0.25, -0.2) is 4.85 Å². The molecule has 0 unspecified atom stereocenters. The van der Waals surface area contributed by atoms with E-state index in [0.717, 1.165) is 33.1 Å². The molecule has 0 saturated carbocycles. The van der Waals surface area contributed by atoms with Gasteiger partial charge in [-0.15, -0.1) is 0 Å². The number of rotatable bonds is 2. The van der Waals surface area contributed by atoms with Crippen molar-refractivity contribution in [3.05, 3.63) is 107 Å². The predicted octanol–water partition coefficient (Wildman–Crippen LogP) is 8.17. The fraction of sp³-hybridized carbons (Fsp3) is 0.133. The van der Waals surface area contributed by atoms with Gasteiger partial charge < -0.3 is 4.57 Å². The molecule has 0 spiro atoms. The largest absolute Gasteiger partial charge is 0.309 e. The van der Waals surface area contributed by atoms with E-state index in [1.807, 2.05) is 42.5 Å². The Balaban J connectivity index is 1.78. The lowest BCUT2D eigenvalue weighted by Crippen LogP contribution is -2.10. The molecule has 0 saturated heterocycles. The van der Waals surface area contributed by atoms with Crippen LogP contribution in [0, 0.1) is 17.9 Å². The highest BCUT2D eigenvalue weighted by Crippen LogP contribution is 2.36. The monoisotopic (exact) mass is 425 g/mol. The number of nitriles is 1. The Morgan fingerprint density at radius 3 is 2.12 bits per heavy atom. The lowest BCUT2D eigenvalue weighted by Gasteiger charge is -2.20. The first-order valence-electron chi connectivity index (χ1n) is 11.0. The minimum absolute atomic E-state index is 0.0787. The first kappa shape index (κ1) is 20.6. The number of hydrogen-bond donors (Lipinski definition) is 0. The molecule has 0 radical (unpaired) electrons. The fourth-order valence-electron chi connectivity index (χ4n) is 4.39. The summed E-state index contributed by atoms with van der Waals surface area (Å²) in [5, 5.41) is 11.7. The Hall–Kier alpha value is -4.34.